The number of carbonyl (C=O) groups is 1. The molecule has 0 bridgehead atoms. The van der Waals surface area contributed by atoms with Crippen LogP contribution in [0.15, 0.2) is 28.7 Å². The van der Waals surface area contributed by atoms with Crippen molar-refractivity contribution < 1.29 is 14.3 Å². The Morgan fingerprint density at radius 3 is 2.76 bits per heavy atom. The van der Waals surface area contributed by atoms with E-state index in [4.69, 9.17) is 9.47 Å². The zero-order valence-corrected chi connectivity index (χ0v) is 14.6. The number of amides is 1. The Kier molecular flexibility index (Phi) is 4.63. The van der Waals surface area contributed by atoms with Gasteiger partial charge >= 0.3 is 6.09 Å². The highest BCUT2D eigenvalue weighted by molar-refractivity contribution is 9.10. The van der Waals surface area contributed by atoms with Gasteiger partial charge in [0.15, 0.2) is 0 Å². The van der Waals surface area contributed by atoms with E-state index < -0.39 is 11.2 Å². The molecule has 0 spiro atoms. The van der Waals surface area contributed by atoms with Crippen molar-refractivity contribution in [3.63, 3.8) is 0 Å². The van der Waals surface area contributed by atoms with Crippen molar-refractivity contribution in [1.29, 1.82) is 0 Å². The number of ether oxygens (including phenoxy) is 2. The van der Waals surface area contributed by atoms with Gasteiger partial charge in [0, 0.05) is 11.0 Å². The maximum Gasteiger partial charge on any atom is 0.410 e. The van der Waals surface area contributed by atoms with E-state index >= 15 is 0 Å². The minimum absolute atomic E-state index is 0.285. The van der Waals surface area contributed by atoms with Gasteiger partial charge in [-0.15, -0.1) is 0 Å². The summed E-state index contributed by atoms with van der Waals surface area (Å²) in [5, 5.41) is 0. The van der Waals surface area contributed by atoms with E-state index in [2.05, 4.69) is 15.9 Å². The molecule has 0 saturated carbocycles. The standard InChI is InChI=1S/C16H22BrNO3/c1-15(2,3)21-14(19)18-8-9-20-16(4,11-18)12-6-5-7-13(17)10-12/h5-7,10H,8-9,11H2,1-4H3. The quantitative estimate of drug-likeness (QED) is 0.765. The van der Waals surface area contributed by atoms with Gasteiger partial charge in [0.25, 0.3) is 0 Å². The Labute approximate surface area is 134 Å². The molecule has 1 aliphatic heterocycles. The summed E-state index contributed by atoms with van der Waals surface area (Å²) < 4.78 is 12.4. The van der Waals surface area contributed by atoms with Crippen LogP contribution in [-0.2, 0) is 15.1 Å². The largest absolute Gasteiger partial charge is 0.444 e. The van der Waals surface area contributed by atoms with Crippen LogP contribution in [0, 0.1) is 0 Å². The SMILES string of the molecule is CC(C)(C)OC(=O)N1CCOC(C)(c2cccc(Br)c2)C1. The van der Waals surface area contributed by atoms with E-state index in [0.717, 1.165) is 10.0 Å². The number of rotatable bonds is 1. The molecule has 1 aromatic carbocycles. The summed E-state index contributed by atoms with van der Waals surface area (Å²) in [4.78, 5) is 14.0. The summed E-state index contributed by atoms with van der Waals surface area (Å²) in [5.74, 6) is 0. The highest BCUT2D eigenvalue weighted by Crippen LogP contribution is 2.31. The maximum absolute atomic E-state index is 12.2. The normalized spacial score (nSPS) is 23.0. The Morgan fingerprint density at radius 1 is 1.43 bits per heavy atom. The zero-order chi connectivity index (χ0) is 15.7. The van der Waals surface area contributed by atoms with Gasteiger partial charge in [-0.3, -0.25) is 0 Å². The summed E-state index contributed by atoms with van der Waals surface area (Å²) in [6.45, 7) is 9.17. The van der Waals surface area contributed by atoms with Gasteiger partial charge in [0.05, 0.1) is 13.2 Å². The highest BCUT2D eigenvalue weighted by Gasteiger charge is 2.37. The van der Waals surface area contributed by atoms with Gasteiger partial charge < -0.3 is 14.4 Å². The molecule has 0 N–H and O–H groups in total. The van der Waals surface area contributed by atoms with Crippen LogP contribution in [0.2, 0.25) is 0 Å². The molecule has 1 unspecified atom stereocenters. The molecule has 116 valence electrons. The fourth-order valence-corrected chi connectivity index (χ4v) is 2.74. The summed E-state index contributed by atoms with van der Waals surface area (Å²) in [6.07, 6.45) is -0.285. The second kappa shape index (κ2) is 5.97. The third-order valence-corrected chi connectivity index (χ3v) is 3.85. The minimum atomic E-state index is -0.515. The van der Waals surface area contributed by atoms with Crippen LogP contribution in [-0.4, -0.2) is 36.3 Å². The third kappa shape index (κ3) is 4.20. The molecule has 0 radical (unpaired) electrons. The molecular formula is C16H22BrNO3. The lowest BCUT2D eigenvalue weighted by atomic mass is 9.94. The molecule has 5 heteroatoms. The van der Waals surface area contributed by atoms with Gasteiger partial charge in [-0.25, -0.2) is 4.79 Å². The Bertz CT molecular complexity index is 526. The van der Waals surface area contributed by atoms with Crippen molar-refractivity contribution in [1.82, 2.24) is 4.90 Å². The number of nitrogens with zero attached hydrogens (tertiary/aromatic N) is 1. The number of hydrogen-bond donors (Lipinski definition) is 0. The van der Waals surface area contributed by atoms with Crippen molar-refractivity contribution >= 4 is 22.0 Å². The zero-order valence-electron chi connectivity index (χ0n) is 13.0. The summed E-state index contributed by atoms with van der Waals surface area (Å²) in [6, 6.07) is 7.99. The van der Waals surface area contributed by atoms with E-state index in [0.29, 0.717) is 19.7 Å². The molecule has 4 nitrogen and oxygen atoms in total. The topological polar surface area (TPSA) is 38.8 Å². The molecule has 1 amide bonds. The van der Waals surface area contributed by atoms with E-state index in [1.54, 1.807) is 4.90 Å². The first-order valence-electron chi connectivity index (χ1n) is 7.08. The monoisotopic (exact) mass is 355 g/mol. The number of benzene rings is 1. The molecule has 1 fully saturated rings. The van der Waals surface area contributed by atoms with Crippen molar-refractivity contribution in [2.75, 3.05) is 19.7 Å². The molecule has 1 aliphatic rings. The third-order valence-electron chi connectivity index (χ3n) is 3.36. The fourth-order valence-electron chi connectivity index (χ4n) is 2.34. The van der Waals surface area contributed by atoms with Gasteiger partial charge in [-0.1, -0.05) is 28.1 Å². The van der Waals surface area contributed by atoms with Crippen molar-refractivity contribution in [2.45, 2.75) is 38.9 Å². The van der Waals surface area contributed by atoms with Crippen molar-refractivity contribution in [2.24, 2.45) is 0 Å². The van der Waals surface area contributed by atoms with E-state index in [9.17, 15) is 4.79 Å². The minimum Gasteiger partial charge on any atom is -0.444 e. The Hall–Kier alpha value is -1.07. The molecule has 21 heavy (non-hydrogen) atoms. The predicted molar refractivity (Wildman–Crippen MR) is 85.3 cm³/mol. The van der Waals surface area contributed by atoms with Crippen LogP contribution < -0.4 is 0 Å². The van der Waals surface area contributed by atoms with Crippen molar-refractivity contribution in [3.05, 3.63) is 34.3 Å². The molecule has 0 aromatic heterocycles. The Morgan fingerprint density at radius 2 is 2.14 bits per heavy atom. The molecule has 2 rings (SSSR count). The Balaban J connectivity index is 2.15. The number of morpholine rings is 1. The fraction of sp³-hybridized carbons (Fsp3) is 0.562. The first-order valence-corrected chi connectivity index (χ1v) is 7.87. The summed E-state index contributed by atoms with van der Waals surface area (Å²) in [7, 11) is 0. The van der Waals surface area contributed by atoms with Crippen LogP contribution in [0.5, 0.6) is 0 Å². The van der Waals surface area contributed by atoms with Gasteiger partial charge in [-0.05, 0) is 45.4 Å². The average molecular weight is 356 g/mol. The van der Waals surface area contributed by atoms with Crippen LogP contribution in [0.25, 0.3) is 0 Å². The molecule has 1 heterocycles. The van der Waals surface area contributed by atoms with Crippen LogP contribution in [0.1, 0.15) is 33.3 Å². The smallest absolute Gasteiger partial charge is 0.410 e. The average Bonchev–Trinajstić information content (AvgIpc) is 2.37. The van der Waals surface area contributed by atoms with E-state index in [-0.39, 0.29) is 6.09 Å². The maximum atomic E-state index is 12.2. The first-order chi connectivity index (χ1) is 9.70. The highest BCUT2D eigenvalue weighted by atomic mass is 79.9. The number of hydrogen-bond acceptors (Lipinski definition) is 3. The van der Waals surface area contributed by atoms with E-state index in [1.165, 1.54) is 0 Å². The number of carbonyl (C=O) groups excluding carboxylic acids is 1. The molecule has 0 aliphatic carbocycles. The van der Waals surface area contributed by atoms with Crippen LogP contribution in [0.4, 0.5) is 4.79 Å². The number of halogens is 1. The molecule has 1 atom stereocenters. The second-order valence-corrected chi connectivity index (χ2v) is 7.41. The molecule has 1 saturated heterocycles. The molecular weight excluding hydrogens is 334 g/mol. The second-order valence-electron chi connectivity index (χ2n) is 6.49. The lowest BCUT2D eigenvalue weighted by Gasteiger charge is -2.41. The van der Waals surface area contributed by atoms with Gasteiger partial charge in [0.1, 0.15) is 11.2 Å². The predicted octanol–water partition coefficient (Wildman–Crippen LogP) is 3.93. The lowest BCUT2D eigenvalue weighted by Crippen LogP contribution is -2.51. The van der Waals surface area contributed by atoms with E-state index in [1.807, 2.05) is 52.0 Å². The van der Waals surface area contributed by atoms with Gasteiger partial charge in [-0.2, -0.15) is 0 Å². The first kappa shape index (κ1) is 16.3. The summed E-state index contributed by atoms with van der Waals surface area (Å²) >= 11 is 3.48. The summed E-state index contributed by atoms with van der Waals surface area (Å²) in [5.41, 5.74) is 0.0469. The van der Waals surface area contributed by atoms with Crippen LogP contribution in [0.3, 0.4) is 0 Å². The lowest BCUT2D eigenvalue weighted by molar-refractivity contribution is -0.103. The molecule has 1 aromatic rings. The van der Waals surface area contributed by atoms with Gasteiger partial charge in [0.2, 0.25) is 0 Å². The van der Waals surface area contributed by atoms with Crippen molar-refractivity contribution in [3.8, 4) is 0 Å². The van der Waals surface area contributed by atoms with Crippen LogP contribution >= 0.6 is 15.9 Å².